The Morgan fingerprint density at radius 2 is 1.75 bits per heavy atom. The van der Waals surface area contributed by atoms with Gasteiger partial charge in [0.05, 0.1) is 5.30 Å². The molecule has 0 spiro atoms. The molecule has 1 atom stereocenters. The van der Waals surface area contributed by atoms with E-state index in [0.717, 1.165) is 18.4 Å². The van der Waals surface area contributed by atoms with Crippen molar-refractivity contribution in [3.8, 4) is 5.75 Å². The summed E-state index contributed by atoms with van der Waals surface area (Å²) >= 11 is 0. The van der Waals surface area contributed by atoms with Gasteiger partial charge in [0.25, 0.3) is 0 Å². The van der Waals surface area contributed by atoms with Crippen LogP contribution in [0, 0.1) is 0 Å². The monoisotopic (exact) mass is 346 g/mol. The summed E-state index contributed by atoms with van der Waals surface area (Å²) in [5.41, 5.74) is 2.12. The van der Waals surface area contributed by atoms with Crippen LogP contribution in [0.5, 0.6) is 5.75 Å². The van der Waals surface area contributed by atoms with Crippen LogP contribution < -0.4 is 9.83 Å². The van der Waals surface area contributed by atoms with Crippen molar-refractivity contribution in [3.63, 3.8) is 0 Å². The number of unbranched alkanes of at least 4 members (excludes halogenated alkanes) is 3. The molecule has 0 heterocycles. The van der Waals surface area contributed by atoms with Crippen LogP contribution in [-0.4, -0.2) is 4.89 Å². The maximum absolute atomic E-state index is 12.7. The van der Waals surface area contributed by atoms with E-state index in [0.29, 0.717) is 17.5 Å². The van der Waals surface area contributed by atoms with Gasteiger partial charge in [-0.25, -0.2) is 4.57 Å². The van der Waals surface area contributed by atoms with Crippen molar-refractivity contribution in [2.24, 2.45) is 0 Å². The first-order valence-corrected chi connectivity index (χ1v) is 10.3. The number of rotatable bonds is 9. The number of hydrogen-bond acceptors (Lipinski definition) is 2. The predicted molar refractivity (Wildman–Crippen MR) is 100 cm³/mol. The second-order valence-corrected chi connectivity index (χ2v) is 7.76. The fraction of sp³-hybridized carbons (Fsp3) is 0.400. The third-order valence-corrected chi connectivity index (χ3v) is 5.62. The highest BCUT2D eigenvalue weighted by atomic mass is 31.2. The van der Waals surface area contributed by atoms with E-state index in [1.165, 1.54) is 24.8 Å². The molecule has 0 radical (unpaired) electrons. The molecule has 4 heteroatoms. The van der Waals surface area contributed by atoms with Crippen LogP contribution in [0.15, 0.2) is 48.5 Å². The third kappa shape index (κ3) is 5.22. The van der Waals surface area contributed by atoms with Crippen molar-refractivity contribution in [3.05, 3.63) is 59.7 Å². The van der Waals surface area contributed by atoms with E-state index in [1.807, 2.05) is 19.1 Å². The van der Waals surface area contributed by atoms with Gasteiger partial charge in [-0.3, -0.25) is 0 Å². The van der Waals surface area contributed by atoms with E-state index in [1.54, 1.807) is 30.3 Å². The van der Waals surface area contributed by atoms with Gasteiger partial charge >= 0.3 is 7.60 Å². The van der Waals surface area contributed by atoms with Crippen molar-refractivity contribution < 1.29 is 14.0 Å². The van der Waals surface area contributed by atoms with Crippen LogP contribution in [-0.2, 0) is 17.4 Å². The zero-order valence-corrected chi connectivity index (χ0v) is 15.5. The average molecular weight is 346 g/mol. The Kier molecular flexibility index (Phi) is 7.08. The molecule has 0 saturated heterocycles. The van der Waals surface area contributed by atoms with E-state index >= 15 is 0 Å². The molecule has 0 aromatic heterocycles. The van der Waals surface area contributed by atoms with Crippen molar-refractivity contribution in [1.29, 1.82) is 0 Å². The second-order valence-electron chi connectivity index (χ2n) is 6.05. The smallest absolute Gasteiger partial charge is 0.408 e. The molecular formula is C20H27O3P. The third-order valence-electron chi connectivity index (χ3n) is 4.12. The average Bonchev–Trinajstić information content (AvgIpc) is 2.59. The summed E-state index contributed by atoms with van der Waals surface area (Å²) in [6.45, 7) is 4.21. The molecule has 0 aliphatic heterocycles. The number of aryl methyl sites for hydroxylation is 2. The van der Waals surface area contributed by atoms with Crippen molar-refractivity contribution in [1.82, 2.24) is 0 Å². The molecular weight excluding hydrogens is 319 g/mol. The van der Waals surface area contributed by atoms with Gasteiger partial charge in [-0.2, -0.15) is 0 Å². The van der Waals surface area contributed by atoms with Crippen molar-refractivity contribution >= 4 is 12.9 Å². The van der Waals surface area contributed by atoms with Gasteiger partial charge < -0.3 is 9.42 Å². The number of para-hydroxylation sites is 1. The molecule has 0 bridgehead atoms. The summed E-state index contributed by atoms with van der Waals surface area (Å²) in [4.78, 5) is 10.4. The SMILES string of the molecule is CCCCCCc1ccc(P(=O)(O)Oc2ccccc2)c(CC)c1. The Hall–Kier alpha value is -1.57. The van der Waals surface area contributed by atoms with E-state index in [2.05, 4.69) is 13.0 Å². The minimum absolute atomic E-state index is 0.408. The maximum atomic E-state index is 12.7. The van der Waals surface area contributed by atoms with E-state index in [9.17, 15) is 9.46 Å². The topological polar surface area (TPSA) is 46.5 Å². The van der Waals surface area contributed by atoms with E-state index in [4.69, 9.17) is 4.52 Å². The minimum atomic E-state index is -3.88. The molecule has 2 aromatic rings. The Bertz CT molecular complexity index is 683. The van der Waals surface area contributed by atoms with Crippen LogP contribution in [0.3, 0.4) is 0 Å². The fourth-order valence-corrected chi connectivity index (χ4v) is 4.14. The summed E-state index contributed by atoms with van der Waals surface area (Å²) in [7, 11) is -3.88. The lowest BCUT2D eigenvalue weighted by Gasteiger charge is -2.17. The lowest BCUT2D eigenvalue weighted by Crippen LogP contribution is -2.15. The van der Waals surface area contributed by atoms with Gasteiger partial charge in [0.2, 0.25) is 0 Å². The van der Waals surface area contributed by atoms with Gasteiger partial charge in [0.15, 0.2) is 0 Å². The molecule has 1 N–H and O–H groups in total. The highest BCUT2D eigenvalue weighted by molar-refractivity contribution is 7.61. The molecule has 0 saturated carbocycles. The maximum Gasteiger partial charge on any atom is 0.408 e. The molecule has 2 rings (SSSR count). The second kappa shape index (κ2) is 9.05. The normalized spacial score (nSPS) is 13.5. The first kappa shape index (κ1) is 18.8. The molecule has 1 unspecified atom stereocenters. The molecule has 0 fully saturated rings. The summed E-state index contributed by atoms with van der Waals surface area (Å²) in [6.07, 6.45) is 6.60. The first-order chi connectivity index (χ1) is 11.6. The Morgan fingerprint density at radius 1 is 1.00 bits per heavy atom. The van der Waals surface area contributed by atoms with Gasteiger partial charge in [0, 0.05) is 0 Å². The molecule has 0 aliphatic rings. The van der Waals surface area contributed by atoms with E-state index < -0.39 is 7.60 Å². The van der Waals surface area contributed by atoms with Crippen LogP contribution in [0.2, 0.25) is 0 Å². The summed E-state index contributed by atoms with van der Waals surface area (Å²) < 4.78 is 18.1. The lowest BCUT2D eigenvalue weighted by atomic mass is 10.0. The Morgan fingerprint density at radius 3 is 2.42 bits per heavy atom. The summed E-state index contributed by atoms with van der Waals surface area (Å²) in [5.74, 6) is 0.411. The van der Waals surface area contributed by atoms with E-state index in [-0.39, 0.29) is 0 Å². The van der Waals surface area contributed by atoms with Crippen LogP contribution in [0.1, 0.15) is 50.7 Å². The van der Waals surface area contributed by atoms with Gasteiger partial charge in [0.1, 0.15) is 5.75 Å². The molecule has 130 valence electrons. The molecule has 0 amide bonds. The largest absolute Gasteiger partial charge is 0.421 e. The van der Waals surface area contributed by atoms with Gasteiger partial charge in [-0.15, -0.1) is 0 Å². The summed E-state index contributed by atoms with van der Waals surface area (Å²) in [5, 5.41) is 0.408. The highest BCUT2D eigenvalue weighted by Gasteiger charge is 2.27. The quantitative estimate of drug-likeness (QED) is 0.497. The molecule has 3 nitrogen and oxygen atoms in total. The first-order valence-electron chi connectivity index (χ1n) is 8.76. The predicted octanol–water partition coefficient (Wildman–Crippen LogP) is 5.26. The Balaban J connectivity index is 2.15. The zero-order chi connectivity index (χ0) is 17.4. The van der Waals surface area contributed by atoms with Gasteiger partial charge in [-0.05, 0) is 48.6 Å². The Labute approximate surface area is 145 Å². The fourth-order valence-electron chi connectivity index (χ4n) is 2.78. The number of benzene rings is 2. The molecule has 2 aromatic carbocycles. The highest BCUT2D eigenvalue weighted by Crippen LogP contribution is 2.42. The van der Waals surface area contributed by atoms with Gasteiger partial charge in [-0.1, -0.05) is 63.4 Å². The zero-order valence-electron chi connectivity index (χ0n) is 14.6. The van der Waals surface area contributed by atoms with Crippen LogP contribution >= 0.6 is 7.60 Å². The van der Waals surface area contributed by atoms with Crippen molar-refractivity contribution in [2.45, 2.75) is 52.4 Å². The molecule has 0 aliphatic carbocycles. The standard InChI is InChI=1S/C20H27O3P/c1-3-5-6-8-11-17-14-15-20(18(4-2)16-17)24(21,22)23-19-12-9-7-10-13-19/h7,9-10,12-16H,3-6,8,11H2,1-2H3,(H,21,22). The summed E-state index contributed by atoms with van der Waals surface area (Å²) in [6, 6.07) is 14.6. The lowest BCUT2D eigenvalue weighted by molar-refractivity contribution is 0.393. The number of hydrogen-bond donors (Lipinski definition) is 1. The van der Waals surface area contributed by atoms with Crippen LogP contribution in [0.25, 0.3) is 0 Å². The van der Waals surface area contributed by atoms with Crippen LogP contribution in [0.4, 0.5) is 0 Å². The minimum Gasteiger partial charge on any atom is -0.421 e. The van der Waals surface area contributed by atoms with Crippen molar-refractivity contribution in [2.75, 3.05) is 0 Å². The molecule has 24 heavy (non-hydrogen) atoms.